The van der Waals surface area contributed by atoms with E-state index in [2.05, 4.69) is 20.7 Å². The van der Waals surface area contributed by atoms with Crippen LogP contribution in [-0.2, 0) is 10.0 Å². The molecule has 0 atom stereocenters. The summed E-state index contributed by atoms with van der Waals surface area (Å²) in [6.07, 6.45) is 0. The van der Waals surface area contributed by atoms with E-state index in [9.17, 15) is 13.2 Å². The standard InChI is InChI=1S/C19H16BrN3O3S/c20-15-10-4-6-12-17(15)23(19(21)24)18-13-7-5-11-16(18)22-27(25,26)14-8-2-1-3-9-14/h1-13,22H,(H2,21,24). The molecule has 0 aliphatic heterocycles. The summed E-state index contributed by atoms with van der Waals surface area (Å²) in [5.74, 6) is 0. The Bertz CT molecular complexity index is 1070. The van der Waals surface area contributed by atoms with Gasteiger partial charge in [0.1, 0.15) is 0 Å². The minimum Gasteiger partial charge on any atom is -0.351 e. The number of urea groups is 1. The lowest BCUT2D eigenvalue weighted by Gasteiger charge is -2.24. The van der Waals surface area contributed by atoms with Crippen LogP contribution in [0.1, 0.15) is 0 Å². The second-order valence-electron chi connectivity index (χ2n) is 5.56. The lowest BCUT2D eigenvalue weighted by Crippen LogP contribution is -2.32. The van der Waals surface area contributed by atoms with E-state index in [1.54, 1.807) is 66.7 Å². The Morgan fingerprint density at radius 3 is 2.04 bits per heavy atom. The zero-order valence-electron chi connectivity index (χ0n) is 14.0. The molecule has 0 unspecified atom stereocenters. The Labute approximate surface area is 165 Å². The number of halogens is 1. The van der Waals surface area contributed by atoms with Gasteiger partial charge in [-0.1, -0.05) is 42.5 Å². The van der Waals surface area contributed by atoms with E-state index in [4.69, 9.17) is 5.73 Å². The summed E-state index contributed by atoms with van der Waals surface area (Å²) >= 11 is 3.40. The number of sulfonamides is 1. The van der Waals surface area contributed by atoms with E-state index in [1.807, 2.05) is 0 Å². The van der Waals surface area contributed by atoms with E-state index < -0.39 is 16.1 Å². The molecular weight excluding hydrogens is 430 g/mol. The minimum absolute atomic E-state index is 0.117. The molecule has 3 aromatic rings. The molecule has 0 fully saturated rings. The summed E-state index contributed by atoms with van der Waals surface area (Å²) in [4.78, 5) is 13.6. The van der Waals surface area contributed by atoms with Gasteiger partial charge in [-0.3, -0.25) is 9.62 Å². The molecule has 3 rings (SSSR count). The Morgan fingerprint density at radius 2 is 1.41 bits per heavy atom. The molecule has 27 heavy (non-hydrogen) atoms. The topological polar surface area (TPSA) is 92.5 Å². The highest BCUT2D eigenvalue weighted by Gasteiger charge is 2.23. The van der Waals surface area contributed by atoms with Crippen LogP contribution >= 0.6 is 15.9 Å². The molecule has 0 radical (unpaired) electrons. The SMILES string of the molecule is NC(=O)N(c1ccccc1Br)c1ccccc1NS(=O)(=O)c1ccccc1. The number of primary amides is 1. The number of hydrogen-bond acceptors (Lipinski definition) is 3. The number of nitrogens with zero attached hydrogens (tertiary/aromatic N) is 1. The van der Waals surface area contributed by atoms with Gasteiger partial charge in [0, 0.05) is 4.47 Å². The van der Waals surface area contributed by atoms with Gasteiger partial charge in [0.15, 0.2) is 0 Å². The highest BCUT2D eigenvalue weighted by atomic mass is 79.9. The summed E-state index contributed by atoms with van der Waals surface area (Å²) in [7, 11) is -3.83. The number of nitrogens with two attached hydrogens (primary N) is 1. The predicted octanol–water partition coefficient (Wildman–Crippen LogP) is 4.47. The second kappa shape index (κ2) is 7.81. The van der Waals surface area contributed by atoms with Gasteiger partial charge in [0.25, 0.3) is 10.0 Å². The van der Waals surface area contributed by atoms with Crippen LogP contribution < -0.4 is 15.4 Å². The van der Waals surface area contributed by atoms with E-state index in [1.165, 1.54) is 17.0 Å². The van der Waals surface area contributed by atoms with Crippen molar-refractivity contribution in [1.29, 1.82) is 0 Å². The molecule has 0 aliphatic carbocycles. The van der Waals surface area contributed by atoms with Crippen LogP contribution in [0.4, 0.5) is 21.9 Å². The van der Waals surface area contributed by atoms with Crippen LogP contribution in [0, 0.1) is 0 Å². The number of amides is 2. The van der Waals surface area contributed by atoms with Crippen LogP contribution in [0.3, 0.4) is 0 Å². The second-order valence-corrected chi connectivity index (χ2v) is 8.10. The van der Waals surface area contributed by atoms with E-state index in [-0.39, 0.29) is 10.6 Å². The fourth-order valence-corrected chi connectivity index (χ4v) is 4.12. The van der Waals surface area contributed by atoms with Crippen molar-refractivity contribution in [1.82, 2.24) is 0 Å². The number of rotatable bonds is 5. The van der Waals surface area contributed by atoms with E-state index >= 15 is 0 Å². The van der Waals surface area contributed by atoms with Crippen LogP contribution in [-0.4, -0.2) is 14.4 Å². The predicted molar refractivity (Wildman–Crippen MR) is 110 cm³/mol. The molecule has 0 saturated heterocycles. The van der Waals surface area contributed by atoms with Gasteiger partial charge < -0.3 is 5.73 Å². The third-order valence-corrected chi connectivity index (χ3v) is 5.81. The van der Waals surface area contributed by atoms with Crippen LogP contribution in [0.2, 0.25) is 0 Å². The van der Waals surface area contributed by atoms with E-state index in [0.29, 0.717) is 15.8 Å². The molecule has 3 aromatic carbocycles. The zero-order valence-corrected chi connectivity index (χ0v) is 16.4. The fraction of sp³-hybridized carbons (Fsp3) is 0. The largest absolute Gasteiger partial charge is 0.351 e. The summed E-state index contributed by atoms with van der Waals surface area (Å²) in [5.41, 5.74) is 6.65. The van der Waals surface area contributed by atoms with Crippen LogP contribution in [0.15, 0.2) is 88.2 Å². The summed E-state index contributed by atoms with van der Waals surface area (Å²) < 4.78 is 28.6. The lowest BCUT2D eigenvalue weighted by atomic mass is 10.2. The Morgan fingerprint density at radius 1 is 0.852 bits per heavy atom. The van der Waals surface area contributed by atoms with Gasteiger partial charge in [0.05, 0.1) is 22.0 Å². The first-order chi connectivity index (χ1) is 12.9. The number of hydrogen-bond donors (Lipinski definition) is 2. The number of para-hydroxylation sites is 3. The monoisotopic (exact) mass is 445 g/mol. The van der Waals surface area contributed by atoms with Crippen molar-refractivity contribution in [3.05, 3.63) is 83.3 Å². The number of benzene rings is 3. The molecule has 0 heterocycles. The molecule has 138 valence electrons. The van der Waals surface area contributed by atoms with Gasteiger partial charge in [-0.2, -0.15) is 0 Å². The van der Waals surface area contributed by atoms with Crippen molar-refractivity contribution in [2.75, 3.05) is 9.62 Å². The van der Waals surface area contributed by atoms with Gasteiger partial charge in [0.2, 0.25) is 0 Å². The molecule has 0 aliphatic rings. The quantitative estimate of drug-likeness (QED) is 0.606. The highest BCUT2D eigenvalue weighted by Crippen LogP contribution is 2.36. The minimum atomic E-state index is -3.83. The third kappa shape index (κ3) is 4.12. The molecule has 0 spiro atoms. The van der Waals surface area contributed by atoms with Crippen molar-refractivity contribution >= 4 is 49.0 Å². The molecule has 6 nitrogen and oxygen atoms in total. The van der Waals surface area contributed by atoms with Crippen molar-refractivity contribution in [3.8, 4) is 0 Å². The van der Waals surface area contributed by atoms with Crippen molar-refractivity contribution in [3.63, 3.8) is 0 Å². The molecule has 3 N–H and O–H groups in total. The molecule has 0 bridgehead atoms. The maximum Gasteiger partial charge on any atom is 0.323 e. The van der Waals surface area contributed by atoms with Crippen LogP contribution in [0.25, 0.3) is 0 Å². The zero-order chi connectivity index (χ0) is 19.4. The number of nitrogens with one attached hydrogen (secondary N) is 1. The number of anilines is 3. The Balaban J connectivity index is 2.08. The lowest BCUT2D eigenvalue weighted by molar-refractivity contribution is 0.256. The first-order valence-electron chi connectivity index (χ1n) is 7.91. The molecule has 8 heteroatoms. The average molecular weight is 446 g/mol. The third-order valence-electron chi connectivity index (χ3n) is 3.76. The summed E-state index contributed by atoms with van der Waals surface area (Å²) in [6, 6.07) is 20.8. The average Bonchev–Trinajstić information content (AvgIpc) is 2.65. The van der Waals surface area contributed by atoms with Gasteiger partial charge in [-0.05, 0) is 52.3 Å². The van der Waals surface area contributed by atoms with Gasteiger partial charge in [-0.15, -0.1) is 0 Å². The van der Waals surface area contributed by atoms with Crippen molar-refractivity contribution < 1.29 is 13.2 Å². The summed E-state index contributed by atoms with van der Waals surface area (Å²) in [5, 5.41) is 0. The Hall–Kier alpha value is -2.84. The molecule has 0 aromatic heterocycles. The van der Waals surface area contributed by atoms with Crippen molar-refractivity contribution in [2.45, 2.75) is 4.90 Å². The fourth-order valence-electron chi connectivity index (χ4n) is 2.56. The maximum absolute atomic E-state index is 12.7. The molecular formula is C19H16BrN3O3S. The van der Waals surface area contributed by atoms with Gasteiger partial charge >= 0.3 is 6.03 Å². The smallest absolute Gasteiger partial charge is 0.323 e. The number of carbonyl (C=O) groups excluding carboxylic acids is 1. The maximum atomic E-state index is 12.7. The number of carbonyl (C=O) groups is 1. The summed E-state index contributed by atoms with van der Waals surface area (Å²) in [6.45, 7) is 0. The van der Waals surface area contributed by atoms with Crippen molar-refractivity contribution in [2.24, 2.45) is 5.73 Å². The van der Waals surface area contributed by atoms with Gasteiger partial charge in [-0.25, -0.2) is 13.2 Å². The highest BCUT2D eigenvalue weighted by molar-refractivity contribution is 9.10. The normalized spacial score (nSPS) is 11.0. The first-order valence-corrected chi connectivity index (χ1v) is 10.2. The van der Waals surface area contributed by atoms with Crippen LogP contribution in [0.5, 0.6) is 0 Å². The Kier molecular flexibility index (Phi) is 5.48. The first kappa shape index (κ1) is 18.9. The molecule has 0 saturated carbocycles. The molecule has 2 amide bonds. The van der Waals surface area contributed by atoms with E-state index in [0.717, 1.165) is 0 Å².